The molecule has 78 heavy (non-hydrogen) atoms. The Bertz CT molecular complexity index is 4280. The molecule has 17 rings (SSSR count). The van der Waals surface area contributed by atoms with Gasteiger partial charge >= 0.3 is 0 Å². The van der Waals surface area contributed by atoms with Gasteiger partial charge in [-0.2, -0.15) is 0 Å². The Morgan fingerprint density at radius 3 is 1.21 bits per heavy atom. The molecule has 2 aromatic heterocycles. The van der Waals surface area contributed by atoms with Crippen LogP contribution < -0.4 is 42.0 Å². The first-order valence-corrected chi connectivity index (χ1v) is 29.3. The predicted molar refractivity (Wildman–Crippen MR) is 330 cm³/mol. The lowest BCUT2D eigenvalue weighted by Gasteiger charge is -2.56. The molecule has 5 heterocycles. The highest BCUT2D eigenvalue weighted by Crippen LogP contribution is 2.59. The molecule has 14 aromatic rings. The van der Waals surface area contributed by atoms with Crippen LogP contribution in [0.1, 0.15) is 22.3 Å². The van der Waals surface area contributed by atoms with Gasteiger partial charge in [0.2, 0.25) is 6.71 Å². The standard InChI is InChI=1S/C73H48BN3Si/c1-6-25-49(26-7-1)73(50-27-8-2-9-28-50)60-39-24-44-68-71(60)77-70-61(73)45-52(75-64-40-20-16-35-56(64)57-36-17-21-41-65(57)75)46-62(70)74(51-29-10-3-11-30-51)63-47-53(76-66-42-22-18-37-58(66)59-38-19-23-43-67(59)76)48-69(72(63)77)78(68,54-31-12-4-13-32-54)55-33-14-5-15-34-55/h1-48H. The van der Waals surface area contributed by atoms with Gasteiger partial charge in [-0.3, -0.25) is 0 Å². The minimum absolute atomic E-state index is 0.166. The fourth-order valence-electron chi connectivity index (χ4n) is 15.0. The van der Waals surface area contributed by atoms with E-state index >= 15 is 0 Å². The van der Waals surface area contributed by atoms with Crippen molar-refractivity contribution in [1.29, 1.82) is 0 Å². The van der Waals surface area contributed by atoms with Crippen molar-refractivity contribution in [2.75, 3.05) is 4.90 Å². The van der Waals surface area contributed by atoms with E-state index in [1.54, 1.807) is 0 Å². The first-order valence-electron chi connectivity index (χ1n) is 27.3. The summed E-state index contributed by atoms with van der Waals surface area (Å²) in [4.78, 5) is 2.78. The van der Waals surface area contributed by atoms with Crippen molar-refractivity contribution in [3.05, 3.63) is 313 Å². The molecular formula is C73H48BN3Si. The number of anilines is 3. The summed E-state index contributed by atoms with van der Waals surface area (Å²) >= 11 is 0. The fraction of sp³-hybridized carbons (Fsp3) is 0.0137. The molecular weight excluding hydrogens is 958 g/mol. The van der Waals surface area contributed by atoms with Crippen LogP contribution >= 0.6 is 0 Å². The molecule has 0 bridgehead atoms. The normalized spacial score (nSPS) is 14.3. The van der Waals surface area contributed by atoms with Crippen LogP contribution in [-0.4, -0.2) is 23.9 Å². The van der Waals surface area contributed by atoms with Crippen LogP contribution in [-0.2, 0) is 5.41 Å². The van der Waals surface area contributed by atoms with Gasteiger partial charge in [0.15, 0.2) is 8.07 Å². The Hall–Kier alpha value is -9.68. The van der Waals surface area contributed by atoms with E-state index in [9.17, 15) is 0 Å². The highest BCUT2D eigenvalue weighted by molar-refractivity contribution is 7.22. The molecule has 0 saturated carbocycles. The van der Waals surface area contributed by atoms with Crippen LogP contribution in [0.4, 0.5) is 17.1 Å². The first kappa shape index (κ1) is 43.6. The second kappa shape index (κ2) is 16.4. The molecule has 0 amide bonds. The van der Waals surface area contributed by atoms with Gasteiger partial charge in [-0.25, -0.2) is 0 Å². The number of hydrogen-bond acceptors (Lipinski definition) is 1. The van der Waals surface area contributed by atoms with Crippen LogP contribution in [0.15, 0.2) is 291 Å². The molecule has 0 spiro atoms. The third kappa shape index (κ3) is 5.62. The lowest BCUT2D eigenvalue weighted by atomic mass is 9.34. The number of benzene rings is 12. The van der Waals surface area contributed by atoms with Gasteiger partial charge in [0.25, 0.3) is 0 Å². The fourth-order valence-corrected chi connectivity index (χ4v) is 20.1. The zero-order valence-electron chi connectivity index (χ0n) is 42.6. The Labute approximate surface area is 454 Å². The SMILES string of the molecule is c1ccc(B2c3cc(-n4c5ccccc5c5ccccc54)cc4c3N3c5c2cc(-n2c6ccccc6c6ccccc62)cc5[Si](c2ccccc2)(c2ccccc2)c2cccc(c23)C4(c2ccccc2)c2ccccc2)cc1. The van der Waals surface area contributed by atoms with Crippen molar-refractivity contribution in [3.8, 4) is 11.4 Å². The molecule has 12 aromatic carbocycles. The van der Waals surface area contributed by atoms with Gasteiger partial charge in [0.1, 0.15) is 0 Å². The van der Waals surface area contributed by atoms with E-state index in [4.69, 9.17) is 0 Å². The molecule has 5 heteroatoms. The maximum Gasteiger partial charge on any atom is 0.246 e. The highest BCUT2D eigenvalue weighted by atomic mass is 28.3. The number of para-hydroxylation sites is 5. The van der Waals surface area contributed by atoms with E-state index in [0.29, 0.717) is 0 Å². The average Bonchev–Trinajstić information content (AvgIpc) is 4.14. The first-order chi connectivity index (χ1) is 38.7. The molecule has 0 saturated heterocycles. The van der Waals surface area contributed by atoms with E-state index in [2.05, 4.69) is 305 Å². The van der Waals surface area contributed by atoms with E-state index in [-0.39, 0.29) is 6.71 Å². The summed E-state index contributed by atoms with van der Waals surface area (Å²) in [6.07, 6.45) is 0. The summed E-state index contributed by atoms with van der Waals surface area (Å²) in [6, 6.07) is 111. The summed E-state index contributed by atoms with van der Waals surface area (Å²) in [5.74, 6) is 0. The van der Waals surface area contributed by atoms with E-state index < -0.39 is 13.5 Å². The van der Waals surface area contributed by atoms with Gasteiger partial charge in [-0.05, 0) is 102 Å². The number of nitrogens with zero attached hydrogens (tertiary/aromatic N) is 3. The van der Waals surface area contributed by atoms with Crippen molar-refractivity contribution in [2.45, 2.75) is 5.41 Å². The van der Waals surface area contributed by atoms with Crippen LogP contribution in [0.5, 0.6) is 0 Å². The Balaban J connectivity index is 1.13. The quantitative estimate of drug-likeness (QED) is 0.145. The van der Waals surface area contributed by atoms with Gasteiger partial charge in [-0.1, -0.05) is 248 Å². The number of hydrogen-bond donors (Lipinski definition) is 0. The van der Waals surface area contributed by atoms with Crippen molar-refractivity contribution in [3.63, 3.8) is 0 Å². The highest BCUT2D eigenvalue weighted by Gasteiger charge is 2.58. The van der Waals surface area contributed by atoms with Gasteiger partial charge in [0, 0.05) is 44.3 Å². The number of aromatic nitrogens is 2. The maximum atomic E-state index is 2.78. The van der Waals surface area contributed by atoms with Crippen LogP contribution in [0, 0.1) is 0 Å². The molecule has 0 radical (unpaired) electrons. The van der Waals surface area contributed by atoms with Gasteiger partial charge in [-0.15, -0.1) is 0 Å². The molecule has 0 fully saturated rings. The number of rotatable bonds is 7. The molecule has 3 aliphatic heterocycles. The van der Waals surface area contributed by atoms with Crippen LogP contribution in [0.25, 0.3) is 55.0 Å². The molecule has 362 valence electrons. The smallest absolute Gasteiger partial charge is 0.246 e. The summed E-state index contributed by atoms with van der Waals surface area (Å²) in [5, 5.41) is 10.5. The Morgan fingerprint density at radius 1 is 0.308 bits per heavy atom. The molecule has 0 aliphatic carbocycles. The minimum Gasteiger partial charge on any atom is -0.311 e. The second-order valence-corrected chi connectivity index (χ2v) is 25.2. The van der Waals surface area contributed by atoms with Crippen molar-refractivity contribution < 1.29 is 0 Å². The van der Waals surface area contributed by atoms with E-state index in [1.165, 1.54) is 126 Å². The zero-order valence-corrected chi connectivity index (χ0v) is 43.6. The molecule has 3 nitrogen and oxygen atoms in total. The summed E-state index contributed by atoms with van der Waals surface area (Å²) in [6.45, 7) is -0.166. The molecule has 3 aliphatic rings. The average molecular weight is 1010 g/mol. The Kier molecular flexibility index (Phi) is 9.16. The monoisotopic (exact) mass is 1010 g/mol. The van der Waals surface area contributed by atoms with Crippen LogP contribution in [0.2, 0.25) is 0 Å². The lowest BCUT2D eigenvalue weighted by Crippen LogP contribution is -2.79. The van der Waals surface area contributed by atoms with Crippen molar-refractivity contribution in [1.82, 2.24) is 9.13 Å². The van der Waals surface area contributed by atoms with Crippen LogP contribution in [0.3, 0.4) is 0 Å². The van der Waals surface area contributed by atoms with E-state index in [0.717, 1.165) is 5.69 Å². The molecule has 0 atom stereocenters. The van der Waals surface area contributed by atoms with Gasteiger partial charge < -0.3 is 14.0 Å². The summed E-state index contributed by atoms with van der Waals surface area (Å²) in [5.41, 5.74) is 19.1. The molecule has 0 N–H and O–H groups in total. The third-order valence-corrected chi connectivity index (χ3v) is 22.6. The third-order valence-electron chi connectivity index (χ3n) is 17.8. The molecule has 0 unspecified atom stereocenters. The van der Waals surface area contributed by atoms with Crippen molar-refractivity contribution in [2.24, 2.45) is 0 Å². The van der Waals surface area contributed by atoms with E-state index in [1.807, 2.05) is 0 Å². The summed E-state index contributed by atoms with van der Waals surface area (Å²) in [7, 11) is -3.30. The minimum atomic E-state index is -3.30. The largest absolute Gasteiger partial charge is 0.311 e. The topological polar surface area (TPSA) is 13.1 Å². The number of fused-ring (bicyclic) bond motifs is 6. The lowest BCUT2D eigenvalue weighted by molar-refractivity contribution is 0.732. The second-order valence-electron chi connectivity index (χ2n) is 21.4. The van der Waals surface area contributed by atoms with Gasteiger partial charge in [0.05, 0.1) is 33.2 Å². The maximum absolute atomic E-state index is 3.30. The predicted octanol–water partition coefficient (Wildman–Crippen LogP) is 12.6. The van der Waals surface area contributed by atoms with Crippen molar-refractivity contribution >= 4 is 113 Å². The zero-order chi connectivity index (χ0) is 51.1. The summed E-state index contributed by atoms with van der Waals surface area (Å²) < 4.78 is 5.11. The Morgan fingerprint density at radius 2 is 0.718 bits per heavy atom.